The van der Waals surface area contributed by atoms with Crippen molar-refractivity contribution in [1.29, 1.82) is 0 Å². The lowest BCUT2D eigenvalue weighted by Crippen LogP contribution is -2.36. The van der Waals surface area contributed by atoms with Gasteiger partial charge in [0.15, 0.2) is 0 Å². The van der Waals surface area contributed by atoms with E-state index >= 15 is 0 Å². The molecule has 0 aromatic carbocycles. The van der Waals surface area contributed by atoms with Crippen LogP contribution in [0.25, 0.3) is 0 Å². The molecule has 1 aromatic heterocycles. The highest BCUT2D eigenvalue weighted by atomic mass is 16.5. The molecule has 0 N–H and O–H groups in total. The van der Waals surface area contributed by atoms with E-state index in [2.05, 4.69) is 28.7 Å². The average Bonchev–Trinajstić information content (AvgIpc) is 2.30. The van der Waals surface area contributed by atoms with Crippen molar-refractivity contribution in [1.82, 2.24) is 14.9 Å². The van der Waals surface area contributed by atoms with Gasteiger partial charge in [-0.1, -0.05) is 13.8 Å². The van der Waals surface area contributed by atoms with Crippen molar-refractivity contribution in [2.45, 2.75) is 26.3 Å². The Hall–Kier alpha value is -1.00. The Labute approximate surface area is 96.7 Å². The van der Waals surface area contributed by atoms with E-state index in [0.29, 0.717) is 5.92 Å². The van der Waals surface area contributed by atoms with Crippen LogP contribution in [0, 0.1) is 0 Å². The number of rotatable bonds is 3. The molecular formula is C12H19N3O. The molecule has 4 nitrogen and oxygen atoms in total. The molecule has 4 heteroatoms. The molecule has 0 aliphatic carbocycles. The topological polar surface area (TPSA) is 38.2 Å². The minimum absolute atomic E-state index is 0.464. The van der Waals surface area contributed by atoms with Gasteiger partial charge in [0.1, 0.15) is 5.82 Å². The Morgan fingerprint density at radius 1 is 1.38 bits per heavy atom. The summed E-state index contributed by atoms with van der Waals surface area (Å²) in [5.74, 6) is 1.39. The lowest BCUT2D eigenvalue weighted by atomic mass is 10.1. The molecule has 0 saturated carbocycles. The predicted octanol–water partition coefficient (Wildman–Crippen LogP) is 1.43. The fourth-order valence-corrected chi connectivity index (χ4v) is 1.77. The lowest BCUT2D eigenvalue weighted by molar-refractivity contribution is 0.0330. The summed E-state index contributed by atoms with van der Waals surface area (Å²) in [6.45, 7) is 8.75. The molecule has 0 amide bonds. The van der Waals surface area contributed by atoms with E-state index < -0.39 is 0 Å². The van der Waals surface area contributed by atoms with Crippen molar-refractivity contribution < 1.29 is 4.74 Å². The summed E-state index contributed by atoms with van der Waals surface area (Å²) < 4.78 is 5.32. The number of aromatic nitrogens is 2. The summed E-state index contributed by atoms with van der Waals surface area (Å²) in [6, 6.07) is 1.99. The molecule has 1 aromatic rings. The molecule has 1 aliphatic rings. The second kappa shape index (κ2) is 5.37. The largest absolute Gasteiger partial charge is 0.379 e. The molecule has 88 valence electrons. The maximum atomic E-state index is 5.32. The van der Waals surface area contributed by atoms with E-state index in [4.69, 9.17) is 4.74 Å². The van der Waals surface area contributed by atoms with Crippen molar-refractivity contribution in [3.05, 3.63) is 23.8 Å². The van der Waals surface area contributed by atoms with Crippen molar-refractivity contribution >= 4 is 0 Å². The van der Waals surface area contributed by atoms with E-state index in [-0.39, 0.29) is 0 Å². The van der Waals surface area contributed by atoms with Crippen molar-refractivity contribution in [2.75, 3.05) is 26.3 Å². The van der Waals surface area contributed by atoms with Gasteiger partial charge in [-0.3, -0.25) is 4.90 Å². The lowest BCUT2D eigenvalue weighted by Gasteiger charge is -2.25. The highest BCUT2D eigenvalue weighted by Gasteiger charge is 2.12. The molecule has 0 spiro atoms. The standard InChI is InChI=1S/C12H19N3O/c1-10(2)11-3-4-13-12(14-11)9-15-5-7-16-8-6-15/h3-4,10H,5-9H2,1-2H3. The van der Waals surface area contributed by atoms with Gasteiger partial charge in [0, 0.05) is 25.0 Å². The zero-order valence-electron chi connectivity index (χ0n) is 10.0. The third kappa shape index (κ3) is 3.00. The molecule has 0 unspecified atom stereocenters. The summed E-state index contributed by atoms with van der Waals surface area (Å²) in [5, 5.41) is 0. The monoisotopic (exact) mass is 221 g/mol. The first-order valence-corrected chi connectivity index (χ1v) is 5.87. The fourth-order valence-electron chi connectivity index (χ4n) is 1.77. The van der Waals surface area contributed by atoms with Crippen LogP contribution in [0.2, 0.25) is 0 Å². The zero-order chi connectivity index (χ0) is 11.4. The SMILES string of the molecule is CC(C)c1ccnc(CN2CCOCC2)n1. The van der Waals surface area contributed by atoms with Crippen LogP contribution in [-0.4, -0.2) is 41.2 Å². The van der Waals surface area contributed by atoms with E-state index in [1.165, 1.54) is 0 Å². The number of hydrogen-bond acceptors (Lipinski definition) is 4. The number of nitrogens with zero attached hydrogens (tertiary/aromatic N) is 3. The van der Waals surface area contributed by atoms with Gasteiger partial charge in [-0.2, -0.15) is 0 Å². The van der Waals surface area contributed by atoms with Gasteiger partial charge in [-0.05, 0) is 12.0 Å². The maximum absolute atomic E-state index is 5.32. The predicted molar refractivity (Wildman–Crippen MR) is 62.2 cm³/mol. The minimum atomic E-state index is 0.464. The smallest absolute Gasteiger partial charge is 0.142 e. The summed E-state index contributed by atoms with van der Waals surface area (Å²) in [5.41, 5.74) is 1.12. The molecule has 1 fully saturated rings. The van der Waals surface area contributed by atoms with Gasteiger partial charge >= 0.3 is 0 Å². The van der Waals surface area contributed by atoms with Crippen LogP contribution in [0.4, 0.5) is 0 Å². The van der Waals surface area contributed by atoms with Gasteiger partial charge in [0.25, 0.3) is 0 Å². The summed E-state index contributed by atoms with van der Waals surface area (Å²) in [4.78, 5) is 11.2. The number of hydrogen-bond donors (Lipinski definition) is 0. The summed E-state index contributed by atoms with van der Waals surface area (Å²) >= 11 is 0. The van der Waals surface area contributed by atoms with Crippen LogP contribution in [0.3, 0.4) is 0 Å². The van der Waals surface area contributed by atoms with Gasteiger partial charge < -0.3 is 4.74 Å². The molecule has 0 bridgehead atoms. The maximum Gasteiger partial charge on any atom is 0.142 e. The van der Waals surface area contributed by atoms with Crippen LogP contribution in [0.15, 0.2) is 12.3 Å². The van der Waals surface area contributed by atoms with Crippen molar-refractivity contribution in [2.24, 2.45) is 0 Å². The fraction of sp³-hybridized carbons (Fsp3) is 0.667. The minimum Gasteiger partial charge on any atom is -0.379 e. The summed E-state index contributed by atoms with van der Waals surface area (Å²) in [6.07, 6.45) is 1.86. The number of morpholine rings is 1. The number of ether oxygens (including phenoxy) is 1. The van der Waals surface area contributed by atoms with Crippen LogP contribution in [-0.2, 0) is 11.3 Å². The molecular weight excluding hydrogens is 202 g/mol. The second-order valence-electron chi connectivity index (χ2n) is 4.44. The average molecular weight is 221 g/mol. The van der Waals surface area contributed by atoms with Crippen LogP contribution in [0.5, 0.6) is 0 Å². The van der Waals surface area contributed by atoms with E-state index in [1.807, 2.05) is 12.3 Å². The third-order valence-corrected chi connectivity index (χ3v) is 2.79. The van der Waals surface area contributed by atoms with Gasteiger partial charge in [0.2, 0.25) is 0 Å². The Bertz CT molecular complexity index is 335. The van der Waals surface area contributed by atoms with Gasteiger partial charge in [0.05, 0.1) is 19.8 Å². The van der Waals surface area contributed by atoms with Crippen molar-refractivity contribution in [3.63, 3.8) is 0 Å². The third-order valence-electron chi connectivity index (χ3n) is 2.79. The Morgan fingerprint density at radius 2 is 2.12 bits per heavy atom. The first kappa shape index (κ1) is 11.5. The quantitative estimate of drug-likeness (QED) is 0.774. The van der Waals surface area contributed by atoms with E-state index in [0.717, 1.165) is 44.4 Å². The van der Waals surface area contributed by atoms with Crippen LogP contribution >= 0.6 is 0 Å². The van der Waals surface area contributed by atoms with Crippen LogP contribution < -0.4 is 0 Å². The molecule has 1 saturated heterocycles. The van der Waals surface area contributed by atoms with Crippen LogP contribution in [0.1, 0.15) is 31.3 Å². The zero-order valence-corrected chi connectivity index (χ0v) is 10.0. The molecule has 0 atom stereocenters. The Morgan fingerprint density at radius 3 is 2.81 bits per heavy atom. The van der Waals surface area contributed by atoms with Gasteiger partial charge in [-0.25, -0.2) is 9.97 Å². The first-order valence-electron chi connectivity index (χ1n) is 5.87. The molecule has 0 radical (unpaired) electrons. The Kier molecular flexibility index (Phi) is 3.85. The summed E-state index contributed by atoms with van der Waals surface area (Å²) in [7, 11) is 0. The molecule has 16 heavy (non-hydrogen) atoms. The molecule has 2 heterocycles. The Balaban J connectivity index is 2.00. The van der Waals surface area contributed by atoms with Crippen molar-refractivity contribution in [3.8, 4) is 0 Å². The highest BCUT2D eigenvalue weighted by molar-refractivity contribution is 5.06. The van der Waals surface area contributed by atoms with E-state index in [9.17, 15) is 0 Å². The van der Waals surface area contributed by atoms with Gasteiger partial charge in [-0.15, -0.1) is 0 Å². The van der Waals surface area contributed by atoms with E-state index in [1.54, 1.807) is 0 Å². The molecule has 2 rings (SSSR count). The first-order chi connectivity index (χ1) is 7.75. The molecule has 1 aliphatic heterocycles. The second-order valence-corrected chi connectivity index (χ2v) is 4.44. The highest BCUT2D eigenvalue weighted by Crippen LogP contribution is 2.11. The normalized spacial score (nSPS) is 17.9.